The van der Waals surface area contributed by atoms with Crippen molar-refractivity contribution in [3.63, 3.8) is 0 Å². The van der Waals surface area contributed by atoms with Crippen molar-refractivity contribution in [1.29, 1.82) is 0 Å². The van der Waals surface area contributed by atoms with Crippen LogP contribution in [0.1, 0.15) is 44.2 Å². The zero-order chi connectivity index (χ0) is 22.7. The average Bonchev–Trinajstić information content (AvgIpc) is 2.73. The van der Waals surface area contributed by atoms with E-state index in [1.807, 2.05) is 0 Å². The highest BCUT2D eigenvalue weighted by Gasteiger charge is 2.33. The van der Waals surface area contributed by atoms with Gasteiger partial charge in [-0.2, -0.15) is 13.2 Å². The smallest absolute Gasteiger partial charge is 0.416 e. The first-order valence-corrected chi connectivity index (χ1v) is 10.8. The van der Waals surface area contributed by atoms with Crippen LogP contribution in [0.2, 0.25) is 0 Å². The highest BCUT2D eigenvalue weighted by atomic mass is 127. The van der Waals surface area contributed by atoms with Crippen molar-refractivity contribution in [2.75, 3.05) is 40.0 Å². The van der Waals surface area contributed by atoms with Gasteiger partial charge in [0.2, 0.25) is 0 Å². The summed E-state index contributed by atoms with van der Waals surface area (Å²) in [6, 6.07) is 4.03. The summed E-state index contributed by atoms with van der Waals surface area (Å²) in [4.78, 5) is 4.08. The molecule has 0 aromatic heterocycles. The minimum atomic E-state index is -4.47. The highest BCUT2D eigenvalue weighted by molar-refractivity contribution is 14.0. The van der Waals surface area contributed by atoms with E-state index in [0.29, 0.717) is 25.0 Å². The van der Waals surface area contributed by atoms with Gasteiger partial charge in [0.15, 0.2) is 5.96 Å². The van der Waals surface area contributed by atoms with Crippen LogP contribution in [0, 0.1) is 5.92 Å². The largest absolute Gasteiger partial charge is 0.491 e. The van der Waals surface area contributed by atoms with Gasteiger partial charge in [0.05, 0.1) is 11.7 Å². The molecule has 0 bridgehead atoms. The fourth-order valence-electron chi connectivity index (χ4n) is 3.26. The van der Waals surface area contributed by atoms with E-state index >= 15 is 0 Å². The van der Waals surface area contributed by atoms with E-state index in [-0.39, 0.29) is 47.9 Å². The van der Waals surface area contributed by atoms with Crippen molar-refractivity contribution in [3.8, 4) is 5.75 Å². The number of guanidine groups is 1. The molecule has 2 rings (SSSR count). The SMILES string of the molecule is CN=C(NCCCOCC1CCOCC1)NCc1ccc(OC(C)C)cc1C(F)(F)F.I. The number of hydrogen-bond donors (Lipinski definition) is 2. The van der Waals surface area contributed by atoms with Crippen LogP contribution in [0.25, 0.3) is 0 Å². The first kappa shape index (κ1) is 28.8. The van der Waals surface area contributed by atoms with Gasteiger partial charge in [0.1, 0.15) is 5.75 Å². The molecule has 1 aromatic carbocycles. The van der Waals surface area contributed by atoms with E-state index in [4.69, 9.17) is 14.2 Å². The number of ether oxygens (including phenoxy) is 3. The number of halogens is 4. The number of benzene rings is 1. The van der Waals surface area contributed by atoms with Gasteiger partial charge in [-0.15, -0.1) is 24.0 Å². The molecule has 0 aliphatic carbocycles. The fraction of sp³-hybridized carbons (Fsp3) is 0.682. The number of nitrogens with zero attached hydrogens (tertiary/aromatic N) is 1. The zero-order valence-corrected chi connectivity index (χ0v) is 21.3. The van der Waals surface area contributed by atoms with Gasteiger partial charge in [-0.1, -0.05) is 6.07 Å². The van der Waals surface area contributed by atoms with Gasteiger partial charge in [-0.3, -0.25) is 4.99 Å². The molecular formula is C22H35F3IN3O3. The van der Waals surface area contributed by atoms with E-state index in [0.717, 1.165) is 45.1 Å². The second kappa shape index (κ2) is 14.8. The monoisotopic (exact) mass is 573 g/mol. The second-order valence-corrected chi connectivity index (χ2v) is 7.82. The number of nitrogens with one attached hydrogen (secondary N) is 2. The van der Waals surface area contributed by atoms with Crippen molar-refractivity contribution in [1.82, 2.24) is 10.6 Å². The van der Waals surface area contributed by atoms with Gasteiger partial charge < -0.3 is 24.8 Å². The van der Waals surface area contributed by atoms with E-state index < -0.39 is 11.7 Å². The Hall–Kier alpha value is -1.27. The summed E-state index contributed by atoms with van der Waals surface area (Å²) in [5, 5.41) is 6.05. The van der Waals surface area contributed by atoms with Crippen LogP contribution in [-0.4, -0.2) is 52.1 Å². The van der Waals surface area contributed by atoms with Gasteiger partial charge in [0.25, 0.3) is 0 Å². The molecule has 1 aliphatic heterocycles. The molecule has 1 aromatic rings. The summed E-state index contributed by atoms with van der Waals surface area (Å²) < 4.78 is 56.9. The highest BCUT2D eigenvalue weighted by Crippen LogP contribution is 2.34. The quantitative estimate of drug-likeness (QED) is 0.185. The molecule has 32 heavy (non-hydrogen) atoms. The van der Waals surface area contributed by atoms with Crippen molar-refractivity contribution >= 4 is 29.9 Å². The molecule has 184 valence electrons. The number of aliphatic imine (C=N–C) groups is 1. The number of hydrogen-bond acceptors (Lipinski definition) is 4. The van der Waals surface area contributed by atoms with Crippen LogP contribution in [0.3, 0.4) is 0 Å². The van der Waals surface area contributed by atoms with Crippen molar-refractivity contribution in [2.24, 2.45) is 10.9 Å². The maximum absolute atomic E-state index is 13.5. The molecule has 1 heterocycles. The van der Waals surface area contributed by atoms with Gasteiger partial charge >= 0.3 is 6.18 Å². The lowest BCUT2D eigenvalue weighted by molar-refractivity contribution is -0.138. The Morgan fingerprint density at radius 1 is 1.22 bits per heavy atom. The Labute approximate surface area is 205 Å². The normalized spacial score (nSPS) is 15.4. The molecule has 2 N–H and O–H groups in total. The van der Waals surface area contributed by atoms with Crippen LogP contribution in [-0.2, 0) is 22.2 Å². The first-order chi connectivity index (χ1) is 14.8. The van der Waals surface area contributed by atoms with Gasteiger partial charge in [0, 0.05) is 46.6 Å². The fourth-order valence-corrected chi connectivity index (χ4v) is 3.26. The van der Waals surface area contributed by atoms with Gasteiger partial charge in [-0.25, -0.2) is 0 Å². The van der Waals surface area contributed by atoms with Crippen LogP contribution >= 0.6 is 24.0 Å². The number of rotatable bonds is 10. The standard InChI is InChI=1S/C22H34F3N3O3.HI/c1-16(2)31-19-6-5-18(20(13-19)22(23,24)25)14-28-21(26-3)27-9-4-10-30-15-17-7-11-29-12-8-17;/h5-6,13,16-17H,4,7-12,14-15H2,1-3H3,(H2,26,27,28);1H. The van der Waals surface area contributed by atoms with Crippen LogP contribution in [0.5, 0.6) is 5.75 Å². The van der Waals surface area contributed by atoms with Gasteiger partial charge in [-0.05, 0) is 56.7 Å². The van der Waals surface area contributed by atoms with E-state index in [9.17, 15) is 13.2 Å². The summed E-state index contributed by atoms with van der Waals surface area (Å²) in [6.45, 7) is 7.13. The second-order valence-electron chi connectivity index (χ2n) is 7.82. The Morgan fingerprint density at radius 2 is 1.94 bits per heavy atom. The predicted molar refractivity (Wildman–Crippen MR) is 130 cm³/mol. The minimum absolute atomic E-state index is 0. The summed E-state index contributed by atoms with van der Waals surface area (Å²) in [5.74, 6) is 1.21. The number of alkyl halides is 3. The topological polar surface area (TPSA) is 64.1 Å². The van der Waals surface area contributed by atoms with E-state index in [2.05, 4.69) is 15.6 Å². The van der Waals surface area contributed by atoms with Crippen molar-refractivity contribution < 1.29 is 27.4 Å². The Morgan fingerprint density at radius 3 is 2.56 bits per heavy atom. The molecule has 0 saturated carbocycles. The van der Waals surface area contributed by atoms with Crippen LogP contribution in [0.4, 0.5) is 13.2 Å². The molecule has 0 spiro atoms. The Kier molecular flexibility index (Phi) is 13.3. The maximum Gasteiger partial charge on any atom is 0.416 e. The predicted octanol–water partition coefficient (Wildman–Crippen LogP) is 4.61. The summed E-state index contributed by atoms with van der Waals surface area (Å²) in [7, 11) is 1.58. The molecule has 1 fully saturated rings. The lowest BCUT2D eigenvalue weighted by Gasteiger charge is -2.21. The molecule has 0 atom stereocenters. The van der Waals surface area contributed by atoms with E-state index in [1.54, 1.807) is 27.0 Å². The molecule has 1 saturated heterocycles. The van der Waals surface area contributed by atoms with Crippen LogP contribution < -0.4 is 15.4 Å². The summed E-state index contributed by atoms with van der Waals surface area (Å²) in [6.07, 6.45) is -1.81. The minimum Gasteiger partial charge on any atom is -0.491 e. The van der Waals surface area contributed by atoms with Crippen molar-refractivity contribution in [2.45, 2.75) is 51.9 Å². The third-order valence-corrected chi connectivity index (χ3v) is 4.88. The first-order valence-electron chi connectivity index (χ1n) is 10.8. The summed E-state index contributed by atoms with van der Waals surface area (Å²) >= 11 is 0. The Bertz CT molecular complexity index is 697. The summed E-state index contributed by atoms with van der Waals surface area (Å²) in [5.41, 5.74) is -0.582. The molecule has 10 heteroatoms. The molecule has 1 aliphatic rings. The average molecular weight is 573 g/mol. The molecule has 0 amide bonds. The van der Waals surface area contributed by atoms with Crippen LogP contribution in [0.15, 0.2) is 23.2 Å². The third kappa shape index (κ3) is 10.6. The molecule has 0 unspecified atom stereocenters. The molecule has 0 radical (unpaired) electrons. The van der Waals surface area contributed by atoms with E-state index in [1.165, 1.54) is 6.07 Å². The van der Waals surface area contributed by atoms with Crippen molar-refractivity contribution in [3.05, 3.63) is 29.3 Å². The lowest BCUT2D eigenvalue weighted by Crippen LogP contribution is -2.38. The Balaban J connectivity index is 0.00000512. The molecular weight excluding hydrogens is 538 g/mol. The zero-order valence-electron chi connectivity index (χ0n) is 19.0. The lowest BCUT2D eigenvalue weighted by atomic mass is 10.0. The maximum atomic E-state index is 13.5. The molecule has 6 nitrogen and oxygen atoms in total. The third-order valence-electron chi connectivity index (χ3n) is 4.88.